The zero-order valence-electron chi connectivity index (χ0n) is 11.9. The number of amides is 1. The fourth-order valence-electron chi connectivity index (χ4n) is 3.33. The monoisotopic (exact) mass is 271 g/mol. The summed E-state index contributed by atoms with van der Waals surface area (Å²) in [7, 11) is 0. The van der Waals surface area contributed by atoms with Crippen molar-refractivity contribution in [2.45, 2.75) is 39.0 Å². The number of phenols is 1. The van der Waals surface area contributed by atoms with Crippen LogP contribution in [0.25, 0.3) is 0 Å². The van der Waals surface area contributed by atoms with Crippen molar-refractivity contribution < 1.29 is 9.90 Å². The number of rotatable bonds is 2. The lowest BCUT2D eigenvalue weighted by Crippen LogP contribution is -2.36. The van der Waals surface area contributed by atoms with Crippen LogP contribution < -0.4 is 5.32 Å². The molecule has 106 valence electrons. The molecule has 1 heterocycles. The van der Waals surface area contributed by atoms with Crippen LogP contribution in [0.2, 0.25) is 0 Å². The summed E-state index contributed by atoms with van der Waals surface area (Å²) in [4.78, 5) is 11.7. The van der Waals surface area contributed by atoms with Gasteiger partial charge >= 0.3 is 0 Å². The van der Waals surface area contributed by atoms with Crippen molar-refractivity contribution in [1.82, 2.24) is 5.32 Å². The molecule has 0 saturated carbocycles. The zero-order valence-corrected chi connectivity index (χ0v) is 11.9. The molecule has 2 unspecified atom stereocenters. The van der Waals surface area contributed by atoms with E-state index in [2.05, 4.69) is 5.32 Å². The van der Waals surface area contributed by atoms with Crippen molar-refractivity contribution >= 4 is 5.91 Å². The molecule has 0 bridgehead atoms. The summed E-state index contributed by atoms with van der Waals surface area (Å²) >= 11 is 0. The Bertz CT molecular complexity index is 545. The Balaban J connectivity index is 1.67. The minimum absolute atomic E-state index is 0.112. The molecule has 0 saturated heterocycles. The second kappa shape index (κ2) is 5.31. The number of aromatic hydroxyl groups is 1. The van der Waals surface area contributed by atoms with E-state index in [0.717, 1.165) is 32.1 Å². The second-order valence-electron chi connectivity index (χ2n) is 6.16. The van der Waals surface area contributed by atoms with Crippen molar-refractivity contribution in [3.63, 3.8) is 0 Å². The molecule has 2 atom stereocenters. The standard InChI is InChI=1S/C17H21NO2/c1-11-8-14-10-13(4-7-16(14)18-17(11)20)9-12-2-5-15(19)6-3-12/h2-3,5-6,11,13,19H,4,7-10H2,1H3,(H,18,20). The third kappa shape index (κ3) is 2.72. The molecule has 3 heteroatoms. The molecule has 1 aliphatic carbocycles. The number of carbonyl (C=O) groups excluding carboxylic acids is 1. The van der Waals surface area contributed by atoms with Crippen LogP contribution >= 0.6 is 0 Å². The summed E-state index contributed by atoms with van der Waals surface area (Å²) in [6.45, 7) is 2.00. The van der Waals surface area contributed by atoms with Crippen LogP contribution in [0.3, 0.4) is 0 Å². The molecule has 1 amide bonds. The van der Waals surface area contributed by atoms with Crippen LogP contribution in [0.4, 0.5) is 0 Å². The number of nitrogens with one attached hydrogen (secondary N) is 1. The molecule has 1 aromatic carbocycles. The molecule has 3 nitrogen and oxygen atoms in total. The highest BCUT2D eigenvalue weighted by Gasteiger charge is 2.29. The summed E-state index contributed by atoms with van der Waals surface area (Å²) in [5, 5.41) is 12.4. The summed E-state index contributed by atoms with van der Waals surface area (Å²) in [6, 6.07) is 7.52. The molecule has 0 aromatic heterocycles. The molecule has 1 aliphatic heterocycles. The SMILES string of the molecule is CC1CC2=C(CCC(Cc3ccc(O)cc3)C2)NC1=O. The first kappa shape index (κ1) is 13.2. The van der Waals surface area contributed by atoms with Crippen LogP contribution in [-0.2, 0) is 11.2 Å². The van der Waals surface area contributed by atoms with Gasteiger partial charge < -0.3 is 10.4 Å². The molecule has 1 aromatic rings. The lowest BCUT2D eigenvalue weighted by molar-refractivity contribution is -0.124. The van der Waals surface area contributed by atoms with Gasteiger partial charge in [-0.15, -0.1) is 0 Å². The number of phenolic OH excluding ortho intramolecular Hbond substituents is 1. The number of carbonyl (C=O) groups is 1. The third-order valence-corrected chi connectivity index (χ3v) is 4.50. The first-order valence-corrected chi connectivity index (χ1v) is 7.41. The van der Waals surface area contributed by atoms with Crippen LogP contribution in [0, 0.1) is 11.8 Å². The minimum atomic E-state index is 0.112. The Hall–Kier alpha value is -1.77. The highest BCUT2D eigenvalue weighted by atomic mass is 16.3. The average molecular weight is 271 g/mol. The Labute approximate surface area is 119 Å². The van der Waals surface area contributed by atoms with E-state index < -0.39 is 0 Å². The van der Waals surface area contributed by atoms with Crippen LogP contribution in [0.1, 0.15) is 38.2 Å². The fraction of sp³-hybridized carbons (Fsp3) is 0.471. The first-order valence-electron chi connectivity index (χ1n) is 7.41. The highest BCUT2D eigenvalue weighted by Crippen LogP contribution is 2.36. The molecule has 2 N–H and O–H groups in total. The van der Waals surface area contributed by atoms with Gasteiger partial charge in [0.2, 0.25) is 5.91 Å². The largest absolute Gasteiger partial charge is 0.508 e. The molecular formula is C17H21NO2. The lowest BCUT2D eigenvalue weighted by Gasteiger charge is -2.32. The van der Waals surface area contributed by atoms with E-state index in [1.807, 2.05) is 19.1 Å². The smallest absolute Gasteiger partial charge is 0.227 e. The summed E-state index contributed by atoms with van der Waals surface area (Å²) < 4.78 is 0. The van der Waals surface area contributed by atoms with E-state index in [1.54, 1.807) is 12.1 Å². The quantitative estimate of drug-likeness (QED) is 0.868. The molecule has 0 fully saturated rings. The molecular weight excluding hydrogens is 250 g/mol. The normalized spacial score (nSPS) is 26.1. The maximum Gasteiger partial charge on any atom is 0.227 e. The summed E-state index contributed by atoms with van der Waals surface area (Å²) in [5.41, 5.74) is 3.92. The molecule has 0 radical (unpaired) electrons. The van der Waals surface area contributed by atoms with E-state index in [1.165, 1.54) is 16.8 Å². The molecule has 20 heavy (non-hydrogen) atoms. The van der Waals surface area contributed by atoms with Crippen molar-refractivity contribution in [2.75, 3.05) is 0 Å². The number of allylic oxidation sites excluding steroid dienone is 2. The van der Waals surface area contributed by atoms with Crippen LogP contribution in [0.5, 0.6) is 5.75 Å². The predicted octanol–water partition coefficient (Wildman–Crippen LogP) is 3.14. The van der Waals surface area contributed by atoms with Crippen LogP contribution in [-0.4, -0.2) is 11.0 Å². The van der Waals surface area contributed by atoms with Gasteiger partial charge in [-0.05, 0) is 61.3 Å². The van der Waals surface area contributed by atoms with Gasteiger partial charge in [0.1, 0.15) is 5.75 Å². The predicted molar refractivity (Wildman–Crippen MR) is 78.1 cm³/mol. The Morgan fingerprint density at radius 1 is 1.25 bits per heavy atom. The van der Waals surface area contributed by atoms with E-state index in [9.17, 15) is 9.90 Å². The fourth-order valence-corrected chi connectivity index (χ4v) is 3.33. The van der Waals surface area contributed by atoms with E-state index >= 15 is 0 Å². The first-order chi connectivity index (χ1) is 9.61. The van der Waals surface area contributed by atoms with Gasteiger partial charge in [-0.25, -0.2) is 0 Å². The summed E-state index contributed by atoms with van der Waals surface area (Å²) in [6.07, 6.45) is 5.21. The van der Waals surface area contributed by atoms with Gasteiger partial charge in [0.15, 0.2) is 0 Å². The minimum Gasteiger partial charge on any atom is -0.508 e. The van der Waals surface area contributed by atoms with E-state index in [0.29, 0.717) is 11.7 Å². The van der Waals surface area contributed by atoms with Crippen molar-refractivity contribution in [1.29, 1.82) is 0 Å². The Morgan fingerprint density at radius 3 is 2.75 bits per heavy atom. The lowest BCUT2D eigenvalue weighted by atomic mass is 9.78. The van der Waals surface area contributed by atoms with Crippen LogP contribution in [0.15, 0.2) is 35.5 Å². The van der Waals surface area contributed by atoms with Crippen molar-refractivity contribution in [2.24, 2.45) is 11.8 Å². The molecule has 2 aliphatic rings. The number of benzene rings is 1. The van der Waals surface area contributed by atoms with Gasteiger partial charge in [0.25, 0.3) is 0 Å². The van der Waals surface area contributed by atoms with Crippen molar-refractivity contribution in [3.8, 4) is 5.75 Å². The van der Waals surface area contributed by atoms with Gasteiger partial charge in [-0.3, -0.25) is 4.79 Å². The second-order valence-corrected chi connectivity index (χ2v) is 6.16. The molecule has 3 rings (SSSR count). The Morgan fingerprint density at radius 2 is 2.00 bits per heavy atom. The van der Waals surface area contributed by atoms with Gasteiger partial charge in [-0.1, -0.05) is 19.1 Å². The van der Waals surface area contributed by atoms with Gasteiger partial charge in [-0.2, -0.15) is 0 Å². The topological polar surface area (TPSA) is 49.3 Å². The average Bonchev–Trinajstić information content (AvgIpc) is 2.43. The van der Waals surface area contributed by atoms with Crippen molar-refractivity contribution in [3.05, 3.63) is 41.1 Å². The number of hydrogen-bond donors (Lipinski definition) is 2. The Kier molecular flexibility index (Phi) is 3.51. The zero-order chi connectivity index (χ0) is 14.1. The maximum atomic E-state index is 11.7. The molecule has 0 spiro atoms. The van der Waals surface area contributed by atoms with Gasteiger partial charge in [0.05, 0.1) is 0 Å². The van der Waals surface area contributed by atoms with Gasteiger partial charge in [0, 0.05) is 11.6 Å². The summed E-state index contributed by atoms with van der Waals surface area (Å²) in [5.74, 6) is 1.27. The van der Waals surface area contributed by atoms with E-state index in [-0.39, 0.29) is 11.8 Å². The number of hydrogen-bond acceptors (Lipinski definition) is 2. The van der Waals surface area contributed by atoms with E-state index in [4.69, 9.17) is 0 Å². The maximum absolute atomic E-state index is 11.7. The third-order valence-electron chi connectivity index (χ3n) is 4.50. The highest BCUT2D eigenvalue weighted by molar-refractivity contribution is 5.81.